The van der Waals surface area contributed by atoms with Crippen LogP contribution in [0.25, 0.3) is 0 Å². The zero-order valence-corrected chi connectivity index (χ0v) is 9.80. The second-order valence-corrected chi connectivity index (χ2v) is 3.73. The first-order valence-corrected chi connectivity index (χ1v) is 5.44. The second-order valence-electron chi connectivity index (χ2n) is 3.73. The van der Waals surface area contributed by atoms with Gasteiger partial charge in [0.25, 0.3) is 5.91 Å². The highest BCUT2D eigenvalue weighted by molar-refractivity contribution is 5.93. The number of amides is 1. The van der Waals surface area contributed by atoms with Crippen molar-refractivity contribution >= 4 is 5.91 Å². The lowest BCUT2D eigenvalue weighted by Gasteiger charge is -2.06. The van der Waals surface area contributed by atoms with Crippen molar-refractivity contribution in [2.24, 2.45) is 0 Å². The van der Waals surface area contributed by atoms with Gasteiger partial charge in [0.05, 0.1) is 29.6 Å². The number of nitrogens with one attached hydrogen (secondary N) is 1. The molecular formula is C13H9FN4O. The second kappa shape index (κ2) is 5.69. The van der Waals surface area contributed by atoms with E-state index in [2.05, 4.69) is 15.5 Å². The van der Waals surface area contributed by atoms with E-state index in [1.165, 1.54) is 30.6 Å². The van der Waals surface area contributed by atoms with Gasteiger partial charge in [-0.1, -0.05) is 6.07 Å². The van der Waals surface area contributed by atoms with E-state index in [9.17, 15) is 9.18 Å². The quantitative estimate of drug-likeness (QED) is 0.900. The summed E-state index contributed by atoms with van der Waals surface area (Å²) in [4.78, 5) is 11.7. The Kier molecular flexibility index (Phi) is 3.78. The molecule has 0 radical (unpaired) electrons. The molecule has 1 aromatic heterocycles. The minimum Gasteiger partial charge on any atom is -0.348 e. The highest BCUT2D eigenvalue weighted by atomic mass is 19.1. The maximum absolute atomic E-state index is 13.6. The van der Waals surface area contributed by atoms with Gasteiger partial charge < -0.3 is 5.32 Å². The van der Waals surface area contributed by atoms with Crippen LogP contribution in [0, 0.1) is 17.1 Å². The molecule has 0 aliphatic heterocycles. The molecule has 0 aliphatic carbocycles. The van der Waals surface area contributed by atoms with Gasteiger partial charge in [-0.15, -0.1) is 0 Å². The summed E-state index contributed by atoms with van der Waals surface area (Å²) in [5, 5.41) is 18.3. The summed E-state index contributed by atoms with van der Waals surface area (Å²) in [6, 6.07) is 7.46. The molecule has 2 aromatic rings. The molecule has 0 saturated carbocycles. The Balaban J connectivity index is 2.04. The van der Waals surface area contributed by atoms with Crippen molar-refractivity contribution in [2.75, 3.05) is 0 Å². The summed E-state index contributed by atoms with van der Waals surface area (Å²) >= 11 is 0. The molecule has 1 aromatic carbocycles. The molecular weight excluding hydrogens is 247 g/mol. The molecule has 1 heterocycles. The standard InChI is InChI=1S/C13H9FN4O/c14-12-5-9(6-15)1-2-10(12)7-16-13(19)11-3-4-17-18-8-11/h1-5,8H,7H2,(H,16,19). The fourth-order valence-electron chi connectivity index (χ4n) is 1.46. The van der Waals surface area contributed by atoms with Crippen LogP contribution >= 0.6 is 0 Å². The lowest BCUT2D eigenvalue weighted by Crippen LogP contribution is -2.23. The van der Waals surface area contributed by atoms with Gasteiger partial charge in [0.15, 0.2) is 0 Å². The lowest BCUT2D eigenvalue weighted by atomic mass is 10.1. The van der Waals surface area contributed by atoms with Crippen molar-refractivity contribution in [3.8, 4) is 6.07 Å². The number of benzene rings is 1. The van der Waals surface area contributed by atoms with E-state index in [4.69, 9.17) is 5.26 Å². The molecule has 0 aliphatic rings. The first-order valence-electron chi connectivity index (χ1n) is 5.44. The summed E-state index contributed by atoms with van der Waals surface area (Å²) in [6.45, 7) is 0.0404. The predicted molar refractivity (Wildman–Crippen MR) is 64.3 cm³/mol. The van der Waals surface area contributed by atoms with Gasteiger partial charge >= 0.3 is 0 Å². The van der Waals surface area contributed by atoms with E-state index in [0.29, 0.717) is 11.1 Å². The molecule has 0 unspecified atom stereocenters. The third kappa shape index (κ3) is 3.10. The smallest absolute Gasteiger partial charge is 0.253 e. The van der Waals surface area contributed by atoms with Crippen LogP contribution in [0.4, 0.5) is 4.39 Å². The molecule has 1 N–H and O–H groups in total. The van der Waals surface area contributed by atoms with Gasteiger partial charge in [-0.25, -0.2) is 4.39 Å². The minimum absolute atomic E-state index is 0.0404. The molecule has 0 saturated heterocycles. The van der Waals surface area contributed by atoms with Gasteiger partial charge in [-0.2, -0.15) is 15.5 Å². The third-order valence-corrected chi connectivity index (χ3v) is 2.47. The van der Waals surface area contributed by atoms with Crippen LogP contribution in [0.5, 0.6) is 0 Å². The largest absolute Gasteiger partial charge is 0.348 e. The Hall–Kier alpha value is -2.81. The van der Waals surface area contributed by atoms with Crippen LogP contribution in [0.3, 0.4) is 0 Å². The van der Waals surface area contributed by atoms with Crippen LogP contribution in [0.15, 0.2) is 36.7 Å². The number of carbonyl (C=O) groups is 1. The number of aromatic nitrogens is 2. The van der Waals surface area contributed by atoms with E-state index in [1.54, 1.807) is 0 Å². The van der Waals surface area contributed by atoms with Crippen molar-refractivity contribution in [3.05, 3.63) is 59.2 Å². The highest BCUT2D eigenvalue weighted by Crippen LogP contribution is 2.09. The monoisotopic (exact) mass is 256 g/mol. The molecule has 0 bridgehead atoms. The van der Waals surface area contributed by atoms with Crippen molar-refractivity contribution in [1.82, 2.24) is 15.5 Å². The van der Waals surface area contributed by atoms with E-state index in [0.717, 1.165) is 6.07 Å². The molecule has 2 rings (SSSR count). The van der Waals surface area contributed by atoms with E-state index < -0.39 is 5.82 Å². The van der Waals surface area contributed by atoms with Crippen LogP contribution in [-0.2, 0) is 6.54 Å². The van der Waals surface area contributed by atoms with E-state index in [-0.39, 0.29) is 18.0 Å². The number of rotatable bonds is 3. The Labute approximate surface area is 108 Å². The third-order valence-electron chi connectivity index (χ3n) is 2.47. The Morgan fingerprint density at radius 2 is 2.21 bits per heavy atom. The Morgan fingerprint density at radius 3 is 2.84 bits per heavy atom. The fourth-order valence-corrected chi connectivity index (χ4v) is 1.46. The van der Waals surface area contributed by atoms with Gasteiger partial charge in [0.1, 0.15) is 5.82 Å². The number of hydrogen-bond donors (Lipinski definition) is 1. The van der Waals surface area contributed by atoms with Gasteiger partial charge in [0.2, 0.25) is 0 Å². The average molecular weight is 256 g/mol. The topological polar surface area (TPSA) is 78.7 Å². The van der Waals surface area contributed by atoms with Crippen LogP contribution in [-0.4, -0.2) is 16.1 Å². The van der Waals surface area contributed by atoms with Gasteiger partial charge in [-0.05, 0) is 18.2 Å². The molecule has 1 amide bonds. The number of nitrogens with zero attached hydrogens (tertiary/aromatic N) is 3. The number of hydrogen-bond acceptors (Lipinski definition) is 4. The Morgan fingerprint density at radius 1 is 1.37 bits per heavy atom. The van der Waals surface area contributed by atoms with Gasteiger partial charge in [-0.3, -0.25) is 4.79 Å². The molecule has 94 valence electrons. The summed E-state index contributed by atoms with van der Waals surface area (Å²) in [5.74, 6) is -0.883. The molecule has 0 atom stereocenters. The molecule has 0 fully saturated rings. The minimum atomic E-state index is -0.521. The maximum atomic E-state index is 13.6. The lowest BCUT2D eigenvalue weighted by molar-refractivity contribution is 0.0950. The van der Waals surface area contributed by atoms with Crippen molar-refractivity contribution < 1.29 is 9.18 Å². The van der Waals surface area contributed by atoms with Crippen LogP contribution in [0.1, 0.15) is 21.5 Å². The zero-order valence-electron chi connectivity index (χ0n) is 9.80. The fraction of sp³-hybridized carbons (Fsp3) is 0.0769. The first-order chi connectivity index (χ1) is 9.20. The summed E-state index contributed by atoms with van der Waals surface area (Å²) < 4.78 is 13.6. The van der Waals surface area contributed by atoms with Crippen molar-refractivity contribution in [1.29, 1.82) is 5.26 Å². The molecule has 19 heavy (non-hydrogen) atoms. The van der Waals surface area contributed by atoms with Crippen LogP contribution in [0.2, 0.25) is 0 Å². The number of carbonyl (C=O) groups excluding carboxylic acids is 1. The first kappa shape index (κ1) is 12.6. The zero-order chi connectivity index (χ0) is 13.7. The molecule has 0 spiro atoms. The van der Waals surface area contributed by atoms with Crippen molar-refractivity contribution in [3.63, 3.8) is 0 Å². The van der Waals surface area contributed by atoms with Crippen LogP contribution < -0.4 is 5.32 Å². The molecule has 6 heteroatoms. The molecule has 5 nitrogen and oxygen atoms in total. The van der Waals surface area contributed by atoms with Gasteiger partial charge in [0, 0.05) is 12.1 Å². The SMILES string of the molecule is N#Cc1ccc(CNC(=O)c2ccnnc2)c(F)c1. The highest BCUT2D eigenvalue weighted by Gasteiger charge is 2.08. The average Bonchev–Trinajstić information content (AvgIpc) is 2.46. The van der Waals surface area contributed by atoms with E-state index >= 15 is 0 Å². The number of nitriles is 1. The maximum Gasteiger partial charge on any atom is 0.253 e. The van der Waals surface area contributed by atoms with Crippen molar-refractivity contribution in [2.45, 2.75) is 6.54 Å². The normalized spacial score (nSPS) is 9.68. The summed E-state index contributed by atoms with van der Waals surface area (Å²) in [6.07, 6.45) is 2.72. The van der Waals surface area contributed by atoms with E-state index in [1.807, 2.05) is 6.07 Å². The summed E-state index contributed by atoms with van der Waals surface area (Å²) in [5.41, 5.74) is 0.907. The summed E-state index contributed by atoms with van der Waals surface area (Å²) in [7, 11) is 0. The number of halogens is 1. The predicted octanol–water partition coefficient (Wildman–Crippen LogP) is 1.42. The Bertz CT molecular complexity index is 637.